The molecule has 3 heterocycles. The third kappa shape index (κ3) is 4.25. The molecule has 0 radical (unpaired) electrons. The summed E-state index contributed by atoms with van der Waals surface area (Å²) in [6, 6.07) is -0.197. The maximum absolute atomic E-state index is 12.7. The van der Waals surface area contributed by atoms with E-state index in [4.69, 9.17) is 4.74 Å². The van der Waals surface area contributed by atoms with Crippen molar-refractivity contribution in [2.75, 3.05) is 32.8 Å². The van der Waals surface area contributed by atoms with Gasteiger partial charge in [0, 0.05) is 39.3 Å². The molecule has 23 heavy (non-hydrogen) atoms. The molecule has 2 atom stereocenters. The van der Waals surface area contributed by atoms with E-state index in [1.165, 1.54) is 6.42 Å². The van der Waals surface area contributed by atoms with Gasteiger partial charge in [-0.1, -0.05) is 0 Å². The largest absolute Gasteiger partial charge is 0.381 e. The summed E-state index contributed by atoms with van der Waals surface area (Å²) in [5.74, 6) is 0.884. The lowest BCUT2D eigenvalue weighted by atomic mass is 9.95. The second-order valence-corrected chi connectivity index (χ2v) is 7.25. The average molecular weight is 322 g/mol. The first-order valence-corrected chi connectivity index (χ1v) is 9.41. The number of hydrogen-bond acceptors (Lipinski definition) is 3. The number of nitrogens with zero attached hydrogens (tertiary/aromatic N) is 2. The van der Waals surface area contributed by atoms with Crippen molar-refractivity contribution in [3.63, 3.8) is 0 Å². The fourth-order valence-electron chi connectivity index (χ4n) is 4.14. The molecule has 0 aromatic heterocycles. The van der Waals surface area contributed by atoms with Crippen LogP contribution in [0, 0.1) is 5.92 Å². The Morgan fingerprint density at radius 3 is 2.48 bits per heavy atom. The average Bonchev–Trinajstić information content (AvgIpc) is 3.14. The maximum atomic E-state index is 12.7. The highest BCUT2D eigenvalue weighted by atomic mass is 16.5. The minimum absolute atomic E-state index is 0.174. The summed E-state index contributed by atoms with van der Waals surface area (Å²) in [7, 11) is 0. The van der Waals surface area contributed by atoms with Gasteiger partial charge in [0.15, 0.2) is 0 Å². The molecule has 5 heteroatoms. The lowest BCUT2D eigenvalue weighted by Crippen LogP contribution is -2.52. The predicted molar refractivity (Wildman–Crippen MR) is 87.9 cm³/mol. The van der Waals surface area contributed by atoms with Crippen LogP contribution in [0.25, 0.3) is 0 Å². The van der Waals surface area contributed by atoms with E-state index in [0.29, 0.717) is 12.3 Å². The number of amides is 2. The van der Waals surface area contributed by atoms with Crippen molar-refractivity contribution in [2.24, 2.45) is 5.92 Å². The van der Waals surface area contributed by atoms with E-state index in [1.807, 2.05) is 9.80 Å². The number of likely N-dealkylation sites (tertiary alicyclic amines) is 2. The van der Waals surface area contributed by atoms with Gasteiger partial charge in [0.2, 0.25) is 11.8 Å². The number of rotatable bonds is 4. The zero-order valence-corrected chi connectivity index (χ0v) is 14.2. The van der Waals surface area contributed by atoms with Crippen LogP contribution in [-0.2, 0) is 14.3 Å². The van der Waals surface area contributed by atoms with Crippen molar-refractivity contribution in [2.45, 2.75) is 63.8 Å². The van der Waals surface area contributed by atoms with E-state index >= 15 is 0 Å². The first kappa shape index (κ1) is 16.7. The van der Waals surface area contributed by atoms with E-state index in [1.54, 1.807) is 0 Å². The Morgan fingerprint density at radius 1 is 0.957 bits per heavy atom. The van der Waals surface area contributed by atoms with Gasteiger partial charge in [-0.25, -0.2) is 0 Å². The lowest BCUT2D eigenvalue weighted by molar-refractivity contribution is -0.147. The zero-order valence-electron chi connectivity index (χ0n) is 14.2. The van der Waals surface area contributed by atoms with Crippen molar-refractivity contribution in [1.29, 1.82) is 0 Å². The van der Waals surface area contributed by atoms with E-state index in [9.17, 15) is 9.59 Å². The molecule has 3 saturated heterocycles. The van der Waals surface area contributed by atoms with Crippen molar-refractivity contribution < 1.29 is 14.3 Å². The molecule has 0 aromatic carbocycles. The van der Waals surface area contributed by atoms with Crippen LogP contribution in [0.2, 0.25) is 0 Å². The summed E-state index contributed by atoms with van der Waals surface area (Å²) in [5, 5.41) is 0. The molecule has 5 nitrogen and oxygen atoms in total. The standard InChI is InChI=1S/C18H30N2O3/c21-17(9-8-15-6-5-13-23-14-15)20-12-2-1-7-16(20)18(22)19-10-3-4-11-19/h15-16H,1-14H2/t15-,16-/m0/s1. The molecule has 3 aliphatic heterocycles. The van der Waals surface area contributed by atoms with Crippen LogP contribution >= 0.6 is 0 Å². The van der Waals surface area contributed by atoms with E-state index in [-0.39, 0.29) is 17.9 Å². The minimum Gasteiger partial charge on any atom is -0.381 e. The van der Waals surface area contributed by atoms with Gasteiger partial charge >= 0.3 is 0 Å². The molecule has 2 amide bonds. The van der Waals surface area contributed by atoms with Crippen molar-refractivity contribution >= 4 is 11.8 Å². The van der Waals surface area contributed by atoms with Crippen LogP contribution in [0.4, 0.5) is 0 Å². The quantitative estimate of drug-likeness (QED) is 0.797. The Morgan fingerprint density at radius 2 is 1.74 bits per heavy atom. The van der Waals surface area contributed by atoms with Crippen molar-refractivity contribution in [3.05, 3.63) is 0 Å². The highest BCUT2D eigenvalue weighted by molar-refractivity contribution is 5.88. The molecule has 0 unspecified atom stereocenters. The van der Waals surface area contributed by atoms with Crippen LogP contribution in [0.1, 0.15) is 57.8 Å². The molecular weight excluding hydrogens is 292 g/mol. The highest BCUT2D eigenvalue weighted by Gasteiger charge is 2.35. The fourth-order valence-corrected chi connectivity index (χ4v) is 4.14. The number of carbonyl (C=O) groups excluding carboxylic acids is 2. The maximum Gasteiger partial charge on any atom is 0.245 e. The van der Waals surface area contributed by atoms with Gasteiger partial charge < -0.3 is 14.5 Å². The second-order valence-electron chi connectivity index (χ2n) is 7.25. The van der Waals surface area contributed by atoms with Crippen LogP contribution in [0.3, 0.4) is 0 Å². The van der Waals surface area contributed by atoms with Gasteiger partial charge in [0.1, 0.15) is 6.04 Å². The van der Waals surface area contributed by atoms with Gasteiger partial charge in [0.25, 0.3) is 0 Å². The normalized spacial score (nSPS) is 28.9. The Kier molecular flexibility index (Phi) is 5.92. The molecule has 0 aromatic rings. The Balaban J connectivity index is 1.54. The molecule has 3 fully saturated rings. The second kappa shape index (κ2) is 8.13. The zero-order chi connectivity index (χ0) is 16.1. The smallest absolute Gasteiger partial charge is 0.245 e. The predicted octanol–water partition coefficient (Wildman–Crippen LogP) is 2.20. The number of ether oxygens (including phenoxy) is 1. The SMILES string of the molecule is O=C([C@@H]1CCCCN1C(=O)CC[C@@H]1CCCOC1)N1CCCC1. The monoisotopic (exact) mass is 322 g/mol. The lowest BCUT2D eigenvalue weighted by Gasteiger charge is -2.37. The summed E-state index contributed by atoms with van der Waals surface area (Å²) in [5.41, 5.74) is 0. The summed E-state index contributed by atoms with van der Waals surface area (Å²) in [6.07, 6.45) is 8.89. The van der Waals surface area contributed by atoms with Gasteiger partial charge in [-0.2, -0.15) is 0 Å². The summed E-state index contributed by atoms with van der Waals surface area (Å²) >= 11 is 0. The third-order valence-corrected chi connectivity index (χ3v) is 5.55. The van der Waals surface area contributed by atoms with Crippen molar-refractivity contribution in [3.8, 4) is 0 Å². The first-order valence-electron chi connectivity index (χ1n) is 9.41. The number of carbonyl (C=O) groups is 2. The summed E-state index contributed by atoms with van der Waals surface area (Å²) in [6.45, 7) is 4.16. The molecule has 130 valence electrons. The topological polar surface area (TPSA) is 49.9 Å². The number of piperidine rings is 1. The molecule has 0 saturated carbocycles. The molecular formula is C18H30N2O3. The van der Waals surface area contributed by atoms with Crippen LogP contribution in [0.15, 0.2) is 0 Å². The van der Waals surface area contributed by atoms with Gasteiger partial charge in [-0.3, -0.25) is 9.59 Å². The van der Waals surface area contributed by atoms with Crippen molar-refractivity contribution in [1.82, 2.24) is 9.80 Å². The van der Waals surface area contributed by atoms with Gasteiger partial charge in [0.05, 0.1) is 0 Å². The summed E-state index contributed by atoms with van der Waals surface area (Å²) in [4.78, 5) is 29.3. The van der Waals surface area contributed by atoms with E-state index in [2.05, 4.69) is 0 Å². The van der Waals surface area contributed by atoms with Crippen LogP contribution in [-0.4, -0.2) is 60.5 Å². The molecule has 0 bridgehead atoms. The van der Waals surface area contributed by atoms with Gasteiger partial charge in [-0.15, -0.1) is 0 Å². The fraction of sp³-hybridized carbons (Fsp3) is 0.889. The van der Waals surface area contributed by atoms with Crippen LogP contribution < -0.4 is 0 Å². The summed E-state index contributed by atoms with van der Waals surface area (Å²) < 4.78 is 5.50. The Hall–Kier alpha value is -1.10. The highest BCUT2D eigenvalue weighted by Crippen LogP contribution is 2.24. The van der Waals surface area contributed by atoms with Gasteiger partial charge in [-0.05, 0) is 57.3 Å². The minimum atomic E-state index is -0.197. The van der Waals surface area contributed by atoms with E-state index in [0.717, 1.165) is 77.8 Å². The first-order chi connectivity index (χ1) is 11.3. The molecule has 0 spiro atoms. The Bertz CT molecular complexity index is 414. The molecule has 3 aliphatic rings. The molecule has 0 N–H and O–H groups in total. The Labute approximate surface area is 139 Å². The number of hydrogen-bond donors (Lipinski definition) is 0. The molecule has 3 rings (SSSR count). The van der Waals surface area contributed by atoms with E-state index < -0.39 is 0 Å². The molecule has 0 aliphatic carbocycles. The third-order valence-electron chi connectivity index (χ3n) is 5.55. The van der Waals surface area contributed by atoms with Crippen LogP contribution in [0.5, 0.6) is 0 Å².